The summed E-state index contributed by atoms with van der Waals surface area (Å²) in [6, 6.07) is 3.97. The van der Waals surface area contributed by atoms with Crippen LogP contribution in [0.3, 0.4) is 0 Å². The molecule has 1 aliphatic carbocycles. The predicted octanol–water partition coefficient (Wildman–Crippen LogP) is 2.52. The number of nitrogens with two attached hydrogens (primary N) is 1. The van der Waals surface area contributed by atoms with E-state index in [9.17, 15) is 4.79 Å². The van der Waals surface area contributed by atoms with E-state index >= 15 is 0 Å². The lowest BCUT2D eigenvalue weighted by Gasteiger charge is -2.11. The highest BCUT2D eigenvalue weighted by atomic mass is 16.1. The van der Waals surface area contributed by atoms with Gasteiger partial charge in [-0.3, -0.25) is 4.79 Å². The number of aromatic nitrogens is 2. The van der Waals surface area contributed by atoms with E-state index in [0.717, 1.165) is 29.3 Å². The second-order valence-electron chi connectivity index (χ2n) is 4.87. The van der Waals surface area contributed by atoms with Gasteiger partial charge in [0.1, 0.15) is 5.82 Å². The average Bonchev–Trinajstić information content (AvgIpc) is 2.86. The number of hydrogen-bond acceptors (Lipinski definition) is 4. The van der Waals surface area contributed by atoms with Gasteiger partial charge in [-0.2, -0.15) is 4.98 Å². The van der Waals surface area contributed by atoms with Gasteiger partial charge in [-0.05, 0) is 30.0 Å². The van der Waals surface area contributed by atoms with Crippen molar-refractivity contribution >= 4 is 34.7 Å². The Bertz CT molecular complexity index is 721. The number of nitrogen functional groups attached to an aromatic ring is 1. The third-order valence-electron chi connectivity index (χ3n) is 3.37. The van der Waals surface area contributed by atoms with Gasteiger partial charge >= 0.3 is 0 Å². The van der Waals surface area contributed by atoms with E-state index in [0.29, 0.717) is 12.2 Å². The summed E-state index contributed by atoms with van der Waals surface area (Å²) in [5.74, 6) is 0.632. The monoisotopic (exact) mass is 268 g/mol. The molecule has 102 valence electrons. The molecule has 0 bridgehead atoms. The molecule has 0 atom stereocenters. The third-order valence-corrected chi connectivity index (χ3v) is 3.37. The van der Waals surface area contributed by atoms with Gasteiger partial charge in [0, 0.05) is 6.42 Å². The Morgan fingerprint density at radius 1 is 1.40 bits per heavy atom. The molecule has 0 fully saturated rings. The van der Waals surface area contributed by atoms with Crippen molar-refractivity contribution in [1.29, 1.82) is 0 Å². The molecule has 20 heavy (non-hydrogen) atoms. The van der Waals surface area contributed by atoms with Crippen molar-refractivity contribution in [3.8, 4) is 0 Å². The Hall–Kier alpha value is -2.43. The predicted molar refractivity (Wildman–Crippen MR) is 80.2 cm³/mol. The number of rotatable bonds is 3. The first-order chi connectivity index (χ1) is 9.69. The van der Waals surface area contributed by atoms with Crippen molar-refractivity contribution in [3.63, 3.8) is 0 Å². The minimum Gasteiger partial charge on any atom is -0.368 e. The molecule has 0 spiro atoms. The van der Waals surface area contributed by atoms with E-state index in [4.69, 9.17) is 5.73 Å². The van der Waals surface area contributed by atoms with Crippen LogP contribution in [0.4, 0.5) is 11.8 Å². The van der Waals surface area contributed by atoms with Gasteiger partial charge < -0.3 is 11.1 Å². The standard InChI is InChI=1S/C15H16N4O/c1-2-4-12(20)18-14-13-10-6-3-5-9(10)7-8-11(13)17-15(16)19-14/h3,6-8H,2,4-5H2,1H3,(H3,16,17,18,19,20). The van der Waals surface area contributed by atoms with E-state index in [1.165, 1.54) is 5.56 Å². The molecule has 0 radical (unpaired) electrons. The van der Waals surface area contributed by atoms with Crippen LogP contribution < -0.4 is 11.1 Å². The van der Waals surface area contributed by atoms with Gasteiger partial charge in [-0.15, -0.1) is 0 Å². The SMILES string of the molecule is CCCC(=O)Nc1nc(N)nc2ccc3c(c12)C=CC3. The molecule has 3 rings (SSSR count). The molecule has 0 saturated heterocycles. The summed E-state index contributed by atoms with van der Waals surface area (Å²) in [7, 11) is 0. The van der Waals surface area contributed by atoms with Crippen LogP contribution in [0.25, 0.3) is 17.0 Å². The number of hydrogen-bond donors (Lipinski definition) is 2. The van der Waals surface area contributed by atoms with Crippen molar-refractivity contribution in [2.24, 2.45) is 0 Å². The van der Waals surface area contributed by atoms with E-state index in [2.05, 4.69) is 21.4 Å². The summed E-state index contributed by atoms with van der Waals surface area (Å²) < 4.78 is 0. The fourth-order valence-electron chi connectivity index (χ4n) is 2.50. The van der Waals surface area contributed by atoms with Crippen LogP contribution in [0.2, 0.25) is 0 Å². The Kier molecular flexibility index (Phi) is 3.10. The number of amides is 1. The van der Waals surface area contributed by atoms with E-state index in [1.807, 2.05) is 25.1 Å². The zero-order chi connectivity index (χ0) is 14.1. The van der Waals surface area contributed by atoms with Crippen LogP contribution >= 0.6 is 0 Å². The molecular weight excluding hydrogens is 252 g/mol. The Labute approximate surface area is 116 Å². The first-order valence-electron chi connectivity index (χ1n) is 6.74. The molecule has 1 heterocycles. The van der Waals surface area contributed by atoms with Crippen molar-refractivity contribution in [1.82, 2.24) is 9.97 Å². The minimum absolute atomic E-state index is 0.0496. The summed E-state index contributed by atoms with van der Waals surface area (Å²) in [6.45, 7) is 1.96. The molecule has 5 nitrogen and oxygen atoms in total. The first kappa shape index (κ1) is 12.6. The lowest BCUT2D eigenvalue weighted by molar-refractivity contribution is -0.116. The average molecular weight is 268 g/mol. The summed E-state index contributed by atoms with van der Waals surface area (Å²) in [5.41, 5.74) is 8.78. The summed E-state index contributed by atoms with van der Waals surface area (Å²) in [5, 5.41) is 3.72. The molecule has 2 aromatic rings. The van der Waals surface area contributed by atoms with Crippen LogP contribution in [-0.2, 0) is 11.2 Å². The first-order valence-corrected chi connectivity index (χ1v) is 6.74. The number of carbonyl (C=O) groups is 1. The van der Waals surface area contributed by atoms with Crippen molar-refractivity contribution < 1.29 is 4.79 Å². The van der Waals surface area contributed by atoms with Gasteiger partial charge in [0.25, 0.3) is 0 Å². The third kappa shape index (κ3) is 2.11. The molecule has 0 saturated carbocycles. The van der Waals surface area contributed by atoms with Crippen LogP contribution in [0.1, 0.15) is 30.9 Å². The molecule has 0 unspecified atom stereocenters. The van der Waals surface area contributed by atoms with Crippen LogP contribution in [0.5, 0.6) is 0 Å². The lowest BCUT2D eigenvalue weighted by atomic mass is 10.0. The molecular formula is C15H16N4O. The molecule has 3 N–H and O–H groups in total. The van der Waals surface area contributed by atoms with E-state index in [1.54, 1.807) is 0 Å². The highest BCUT2D eigenvalue weighted by Gasteiger charge is 2.16. The zero-order valence-electron chi connectivity index (χ0n) is 11.3. The van der Waals surface area contributed by atoms with Gasteiger partial charge in [0.05, 0.1) is 10.9 Å². The Morgan fingerprint density at radius 2 is 2.25 bits per heavy atom. The maximum Gasteiger partial charge on any atom is 0.225 e. The molecule has 1 aromatic carbocycles. The largest absolute Gasteiger partial charge is 0.368 e. The van der Waals surface area contributed by atoms with Crippen molar-refractivity contribution in [2.75, 3.05) is 11.1 Å². The van der Waals surface area contributed by atoms with Crippen LogP contribution in [-0.4, -0.2) is 15.9 Å². The molecule has 1 aromatic heterocycles. The van der Waals surface area contributed by atoms with E-state index < -0.39 is 0 Å². The highest BCUT2D eigenvalue weighted by Crippen LogP contribution is 2.32. The maximum atomic E-state index is 11.8. The highest BCUT2D eigenvalue weighted by molar-refractivity contribution is 6.04. The van der Waals surface area contributed by atoms with Gasteiger partial charge in [-0.25, -0.2) is 4.98 Å². The summed E-state index contributed by atoms with van der Waals surface area (Å²) in [6.07, 6.45) is 6.31. The Morgan fingerprint density at radius 3 is 3.05 bits per heavy atom. The van der Waals surface area contributed by atoms with E-state index in [-0.39, 0.29) is 11.9 Å². The van der Waals surface area contributed by atoms with Gasteiger partial charge in [0.2, 0.25) is 11.9 Å². The molecule has 5 heteroatoms. The Balaban J connectivity index is 2.16. The van der Waals surface area contributed by atoms with Crippen LogP contribution in [0, 0.1) is 0 Å². The van der Waals surface area contributed by atoms with Gasteiger partial charge in [-0.1, -0.05) is 25.1 Å². The van der Waals surface area contributed by atoms with Crippen molar-refractivity contribution in [2.45, 2.75) is 26.2 Å². The number of benzene rings is 1. The number of nitrogens with one attached hydrogen (secondary N) is 1. The number of carbonyl (C=O) groups excluding carboxylic acids is 1. The number of fused-ring (bicyclic) bond motifs is 3. The number of anilines is 2. The summed E-state index contributed by atoms with van der Waals surface area (Å²) >= 11 is 0. The second kappa shape index (κ2) is 4.92. The number of nitrogens with zero attached hydrogens (tertiary/aromatic N) is 2. The molecule has 1 aliphatic rings. The fraction of sp³-hybridized carbons (Fsp3) is 0.267. The normalized spacial score (nSPS) is 12.7. The molecule has 0 aliphatic heterocycles. The minimum atomic E-state index is -0.0496. The quantitative estimate of drug-likeness (QED) is 0.896. The van der Waals surface area contributed by atoms with Gasteiger partial charge in [0.15, 0.2) is 0 Å². The summed E-state index contributed by atoms with van der Waals surface area (Å²) in [4.78, 5) is 20.3. The van der Waals surface area contributed by atoms with Crippen molar-refractivity contribution in [3.05, 3.63) is 29.3 Å². The molecule has 1 amide bonds. The topological polar surface area (TPSA) is 80.9 Å². The smallest absolute Gasteiger partial charge is 0.225 e. The lowest BCUT2D eigenvalue weighted by Crippen LogP contribution is -2.14. The number of allylic oxidation sites excluding steroid dienone is 1. The fourth-order valence-corrected chi connectivity index (χ4v) is 2.50. The zero-order valence-corrected chi connectivity index (χ0v) is 11.3. The van der Waals surface area contributed by atoms with Crippen LogP contribution in [0.15, 0.2) is 18.2 Å². The maximum absolute atomic E-state index is 11.8. The second-order valence-corrected chi connectivity index (χ2v) is 4.87.